The van der Waals surface area contributed by atoms with Crippen molar-refractivity contribution in [1.82, 2.24) is 20.0 Å². The maximum absolute atomic E-state index is 5.85. The van der Waals surface area contributed by atoms with Gasteiger partial charge in [0.15, 0.2) is 0 Å². The first-order valence-electron chi connectivity index (χ1n) is 7.39. The predicted molar refractivity (Wildman–Crippen MR) is 88.4 cm³/mol. The summed E-state index contributed by atoms with van der Waals surface area (Å²) in [5.74, 6) is 1.30. The van der Waals surface area contributed by atoms with Gasteiger partial charge < -0.3 is 9.26 Å². The van der Waals surface area contributed by atoms with Crippen LogP contribution in [0, 0.1) is 6.92 Å². The normalized spacial score (nSPS) is 19.3. The number of morpholine rings is 1. The molecule has 120 valence electrons. The molecule has 0 amide bonds. The van der Waals surface area contributed by atoms with Crippen molar-refractivity contribution < 1.29 is 9.26 Å². The van der Waals surface area contributed by atoms with E-state index in [1.165, 1.54) is 0 Å². The third-order valence-electron chi connectivity index (χ3n) is 3.67. The Bertz CT molecular complexity index is 768. The molecule has 0 radical (unpaired) electrons. The highest BCUT2D eigenvalue weighted by molar-refractivity contribution is 7.09. The molecule has 1 atom stereocenters. The Kier molecular flexibility index (Phi) is 4.21. The Morgan fingerprint density at radius 1 is 1.35 bits per heavy atom. The van der Waals surface area contributed by atoms with Crippen LogP contribution in [0.1, 0.15) is 22.7 Å². The zero-order valence-electron chi connectivity index (χ0n) is 12.6. The number of thiophene rings is 1. The van der Waals surface area contributed by atoms with E-state index in [-0.39, 0.29) is 6.10 Å². The lowest BCUT2D eigenvalue weighted by molar-refractivity contribution is -0.0357. The lowest BCUT2D eigenvalue weighted by atomic mass is 10.3. The summed E-state index contributed by atoms with van der Waals surface area (Å²) in [7, 11) is 0. The van der Waals surface area contributed by atoms with E-state index >= 15 is 0 Å². The minimum absolute atomic E-state index is 0.0294. The van der Waals surface area contributed by atoms with Gasteiger partial charge in [-0.2, -0.15) is 16.3 Å². The first-order chi connectivity index (χ1) is 11.3. The van der Waals surface area contributed by atoms with Gasteiger partial charge in [-0.3, -0.25) is 4.90 Å². The predicted octanol–water partition coefficient (Wildman–Crippen LogP) is 3.14. The molecular formula is C15H16N4O2S2. The molecule has 0 aromatic carbocycles. The van der Waals surface area contributed by atoms with Crippen molar-refractivity contribution in [2.45, 2.75) is 19.6 Å². The van der Waals surface area contributed by atoms with Crippen LogP contribution in [-0.2, 0) is 11.3 Å². The Morgan fingerprint density at radius 3 is 3.09 bits per heavy atom. The maximum atomic E-state index is 5.85. The Hall–Kier alpha value is -1.61. The summed E-state index contributed by atoms with van der Waals surface area (Å²) >= 11 is 3.28. The monoisotopic (exact) mass is 348 g/mol. The van der Waals surface area contributed by atoms with Gasteiger partial charge in [-0.15, -0.1) is 11.3 Å². The van der Waals surface area contributed by atoms with Crippen molar-refractivity contribution in [1.29, 1.82) is 0 Å². The van der Waals surface area contributed by atoms with E-state index in [9.17, 15) is 0 Å². The maximum Gasteiger partial charge on any atom is 0.241 e. The fourth-order valence-corrected chi connectivity index (χ4v) is 4.00. The van der Waals surface area contributed by atoms with Crippen LogP contribution in [0.4, 0.5) is 0 Å². The molecule has 1 fully saturated rings. The van der Waals surface area contributed by atoms with Crippen molar-refractivity contribution in [3.63, 3.8) is 0 Å². The van der Waals surface area contributed by atoms with Gasteiger partial charge in [-0.1, -0.05) is 5.16 Å². The summed E-state index contributed by atoms with van der Waals surface area (Å²) < 4.78 is 11.2. The van der Waals surface area contributed by atoms with Crippen LogP contribution in [0.25, 0.3) is 11.4 Å². The Morgan fingerprint density at radius 2 is 2.30 bits per heavy atom. The lowest BCUT2D eigenvalue weighted by Crippen LogP contribution is -2.37. The zero-order chi connectivity index (χ0) is 15.6. The molecule has 0 aliphatic carbocycles. The molecule has 0 saturated carbocycles. The first-order valence-corrected chi connectivity index (χ1v) is 9.21. The fourth-order valence-electron chi connectivity index (χ4n) is 2.53. The van der Waals surface area contributed by atoms with E-state index in [1.807, 2.05) is 23.8 Å². The van der Waals surface area contributed by atoms with Crippen molar-refractivity contribution in [3.8, 4) is 11.4 Å². The highest BCUT2D eigenvalue weighted by Gasteiger charge is 2.25. The summed E-state index contributed by atoms with van der Waals surface area (Å²) in [6, 6.07) is 1.99. The molecule has 0 N–H and O–H groups in total. The van der Waals surface area contributed by atoms with Gasteiger partial charge >= 0.3 is 0 Å². The highest BCUT2D eigenvalue weighted by atomic mass is 32.1. The third kappa shape index (κ3) is 3.35. The molecule has 8 heteroatoms. The number of aromatic nitrogens is 3. The first kappa shape index (κ1) is 14.9. The standard InChI is InChI=1S/C15H16N4O2S2/c1-10-8-23-15(16-10)12-6-19(3-4-20-12)7-13-17-14(18-21-13)11-2-5-22-9-11/h2,5,8-9,12H,3-4,6-7H2,1H3/t12-/m1/s1. The summed E-state index contributed by atoms with van der Waals surface area (Å²) in [5, 5.41) is 11.2. The second kappa shape index (κ2) is 6.48. The minimum atomic E-state index is 0.0294. The van der Waals surface area contributed by atoms with Crippen LogP contribution in [-0.4, -0.2) is 39.7 Å². The number of ether oxygens (including phenoxy) is 1. The molecule has 4 rings (SSSR count). The van der Waals surface area contributed by atoms with Crippen molar-refractivity contribution in [2.75, 3.05) is 19.7 Å². The molecule has 6 nitrogen and oxygen atoms in total. The molecule has 1 aliphatic rings. The molecule has 0 spiro atoms. The van der Waals surface area contributed by atoms with Gasteiger partial charge in [0.1, 0.15) is 11.1 Å². The summed E-state index contributed by atoms with van der Waals surface area (Å²) in [4.78, 5) is 11.3. The summed E-state index contributed by atoms with van der Waals surface area (Å²) in [5.41, 5.74) is 2.05. The molecule has 0 bridgehead atoms. The largest absolute Gasteiger partial charge is 0.368 e. The summed E-state index contributed by atoms with van der Waals surface area (Å²) in [6.45, 7) is 4.99. The van der Waals surface area contributed by atoms with Gasteiger partial charge in [-0.25, -0.2) is 4.98 Å². The quantitative estimate of drug-likeness (QED) is 0.722. The smallest absolute Gasteiger partial charge is 0.241 e. The minimum Gasteiger partial charge on any atom is -0.368 e. The second-order valence-electron chi connectivity index (χ2n) is 5.45. The number of hydrogen-bond acceptors (Lipinski definition) is 8. The third-order valence-corrected chi connectivity index (χ3v) is 5.41. The Labute approximate surface area is 141 Å². The number of aryl methyl sites for hydroxylation is 1. The average molecular weight is 348 g/mol. The van der Waals surface area contributed by atoms with E-state index in [4.69, 9.17) is 9.26 Å². The van der Waals surface area contributed by atoms with E-state index in [0.717, 1.165) is 29.4 Å². The SMILES string of the molecule is Cc1csc([C@H]2CN(Cc3nc(-c4ccsc4)no3)CCO2)n1. The molecule has 0 unspecified atom stereocenters. The van der Waals surface area contributed by atoms with Crippen LogP contribution in [0.2, 0.25) is 0 Å². The topological polar surface area (TPSA) is 64.3 Å². The molecular weight excluding hydrogens is 332 g/mol. The zero-order valence-corrected chi connectivity index (χ0v) is 14.3. The van der Waals surface area contributed by atoms with Gasteiger partial charge in [0.25, 0.3) is 0 Å². The van der Waals surface area contributed by atoms with Gasteiger partial charge in [-0.05, 0) is 18.4 Å². The van der Waals surface area contributed by atoms with Crippen LogP contribution in [0.3, 0.4) is 0 Å². The van der Waals surface area contributed by atoms with Crippen molar-refractivity contribution in [2.24, 2.45) is 0 Å². The Balaban J connectivity index is 1.42. The molecule has 3 aromatic rings. The number of thiazole rings is 1. The molecule has 4 heterocycles. The van der Waals surface area contributed by atoms with Crippen molar-refractivity contribution in [3.05, 3.63) is 38.8 Å². The van der Waals surface area contributed by atoms with Crippen LogP contribution >= 0.6 is 22.7 Å². The number of rotatable bonds is 4. The van der Waals surface area contributed by atoms with Crippen LogP contribution < -0.4 is 0 Å². The van der Waals surface area contributed by atoms with E-state index < -0.39 is 0 Å². The summed E-state index contributed by atoms with van der Waals surface area (Å²) in [6.07, 6.45) is 0.0294. The van der Waals surface area contributed by atoms with Crippen molar-refractivity contribution >= 4 is 22.7 Å². The molecule has 3 aromatic heterocycles. The second-order valence-corrected chi connectivity index (χ2v) is 7.12. The van der Waals surface area contributed by atoms with Gasteiger partial charge in [0.05, 0.1) is 13.2 Å². The van der Waals surface area contributed by atoms with E-state index in [1.54, 1.807) is 22.7 Å². The number of nitrogens with zero attached hydrogens (tertiary/aromatic N) is 4. The molecule has 23 heavy (non-hydrogen) atoms. The number of hydrogen-bond donors (Lipinski definition) is 0. The lowest BCUT2D eigenvalue weighted by Gasteiger charge is -2.30. The van der Waals surface area contributed by atoms with Crippen LogP contribution in [0.5, 0.6) is 0 Å². The molecule has 1 saturated heterocycles. The fraction of sp³-hybridized carbons (Fsp3) is 0.400. The van der Waals surface area contributed by atoms with Crippen LogP contribution in [0.15, 0.2) is 26.7 Å². The van der Waals surface area contributed by atoms with Gasteiger partial charge in [0, 0.05) is 35.1 Å². The van der Waals surface area contributed by atoms with E-state index in [2.05, 4.69) is 25.4 Å². The van der Waals surface area contributed by atoms with Gasteiger partial charge in [0.2, 0.25) is 11.7 Å². The molecule has 1 aliphatic heterocycles. The van der Waals surface area contributed by atoms with E-state index in [0.29, 0.717) is 24.9 Å². The highest BCUT2D eigenvalue weighted by Crippen LogP contribution is 2.26. The average Bonchev–Trinajstić information content (AvgIpc) is 3.28.